The van der Waals surface area contributed by atoms with Gasteiger partial charge < -0.3 is 39.7 Å². The average molecular weight is 583 g/mol. The van der Waals surface area contributed by atoms with Crippen molar-refractivity contribution in [2.75, 3.05) is 0 Å². The summed E-state index contributed by atoms with van der Waals surface area (Å²) in [7, 11) is -2.23. The zero-order valence-electron chi connectivity index (χ0n) is 22.1. The van der Waals surface area contributed by atoms with E-state index in [1.54, 1.807) is 27.7 Å². The minimum Gasteiger partial charge on any atom is -0.550 e. The Bertz CT molecular complexity index is 1170. The molecule has 2 aliphatic rings. The molecule has 4 rings (SSSR count). The number of hydrogen-bond acceptors (Lipinski definition) is 11. The van der Waals surface area contributed by atoms with Crippen molar-refractivity contribution in [3.05, 3.63) is 58.2 Å². The number of carboxylic acid groups (broad SMARTS) is 1. The molecule has 2 aromatic carbocycles. The summed E-state index contributed by atoms with van der Waals surface area (Å²) in [4.78, 5) is 19.5. The van der Waals surface area contributed by atoms with Crippen LogP contribution < -0.4 is 51.5 Å². The van der Waals surface area contributed by atoms with Gasteiger partial charge in [-0.25, -0.2) is 14.7 Å². The largest absolute Gasteiger partial charge is 1.00 e. The van der Waals surface area contributed by atoms with Gasteiger partial charge in [0.25, 0.3) is 0 Å². The van der Waals surface area contributed by atoms with Crippen molar-refractivity contribution in [1.29, 1.82) is 0 Å². The number of rotatable bonds is 2. The minimum atomic E-state index is -1.12. The molecular formula is C22H28B2ClF2N2NaO9. The Kier molecular flexibility index (Phi) is 16.5. The molecule has 39 heavy (non-hydrogen) atoms. The molecule has 0 unspecified atom stereocenters. The van der Waals surface area contributed by atoms with Crippen LogP contribution in [-0.2, 0) is 25.3 Å². The summed E-state index contributed by atoms with van der Waals surface area (Å²) >= 11 is 0. The summed E-state index contributed by atoms with van der Waals surface area (Å²) in [6.45, 7) is 8.04. The Morgan fingerprint density at radius 3 is 1.62 bits per heavy atom. The third-order valence-electron chi connectivity index (χ3n) is 5.30. The number of halogens is 3. The standard InChI is InChI=1S/C10H11BFNO3.C10H10BFO3.C2H4O2.ClH.H3NO.Na/c1-10(2)7-3-6(5-13-15)9(12)4-8(7)11(14)16-10;1-10(2)7-3-6(5-13)9(12)4-8(7)11(14)15-10;1-2(3)4;;1-2;/h3-5,14-15H,1-2H3;3-5,14H,1-2H3;1H3,(H,3,4);1H;2H,1H2;/q;;;;;+1/p-1. The predicted octanol–water partition coefficient (Wildman–Crippen LogP) is -3.31. The number of aldehydes is 1. The van der Waals surface area contributed by atoms with Crippen molar-refractivity contribution in [2.45, 2.75) is 45.8 Å². The van der Waals surface area contributed by atoms with E-state index in [0.717, 1.165) is 19.2 Å². The van der Waals surface area contributed by atoms with E-state index in [4.69, 9.17) is 29.6 Å². The molecule has 6 N–H and O–H groups in total. The molecule has 2 heterocycles. The number of carboxylic acids is 1. The number of hydrogen-bond donors (Lipinski definition) is 5. The summed E-state index contributed by atoms with van der Waals surface area (Å²) in [5, 5.41) is 45.7. The van der Waals surface area contributed by atoms with Gasteiger partial charge >= 0.3 is 43.8 Å². The second-order valence-corrected chi connectivity index (χ2v) is 8.74. The smallest absolute Gasteiger partial charge is 0.550 e. The first-order valence-corrected chi connectivity index (χ1v) is 10.6. The first-order valence-electron chi connectivity index (χ1n) is 10.6. The monoisotopic (exact) mass is 582 g/mol. The second-order valence-electron chi connectivity index (χ2n) is 8.74. The molecule has 2 aliphatic heterocycles. The fourth-order valence-electron chi connectivity index (χ4n) is 3.73. The number of nitrogens with zero attached hydrogens (tertiary/aromatic N) is 1. The average Bonchev–Trinajstić information content (AvgIpc) is 3.15. The van der Waals surface area contributed by atoms with Gasteiger partial charge in [0.15, 0.2) is 6.29 Å². The number of carbonyl (C=O) groups excluding carboxylic acids is 2. The molecule has 17 heteroatoms. The Balaban J connectivity index is 0. The van der Waals surface area contributed by atoms with E-state index in [0.29, 0.717) is 28.3 Å². The number of aliphatic carboxylic acids is 1. The molecule has 0 radical (unpaired) electrons. The van der Waals surface area contributed by atoms with E-state index in [1.165, 1.54) is 18.2 Å². The summed E-state index contributed by atoms with van der Waals surface area (Å²) in [6, 6.07) is 5.29. The zero-order chi connectivity index (χ0) is 28.7. The van der Waals surface area contributed by atoms with Gasteiger partial charge in [-0.1, -0.05) is 5.16 Å². The Hall–Kier alpha value is -1.91. The second kappa shape index (κ2) is 16.4. The van der Waals surface area contributed by atoms with Crippen LogP contribution in [0.5, 0.6) is 0 Å². The van der Waals surface area contributed by atoms with Crippen LogP contribution in [0.3, 0.4) is 0 Å². The van der Waals surface area contributed by atoms with Gasteiger partial charge in [0, 0.05) is 11.5 Å². The molecule has 0 aliphatic carbocycles. The molecule has 0 fully saturated rings. The van der Waals surface area contributed by atoms with Crippen molar-refractivity contribution in [3.63, 3.8) is 0 Å². The summed E-state index contributed by atoms with van der Waals surface area (Å²) in [6.07, 6.45) is 1.47. The summed E-state index contributed by atoms with van der Waals surface area (Å²) in [5.41, 5.74) is 0.919. The van der Waals surface area contributed by atoms with E-state index >= 15 is 0 Å². The first-order chi connectivity index (χ1) is 17.1. The van der Waals surface area contributed by atoms with Crippen LogP contribution in [0.1, 0.15) is 61.7 Å². The molecular weight excluding hydrogens is 554 g/mol. The molecule has 0 bridgehead atoms. The predicted molar refractivity (Wildman–Crippen MR) is 135 cm³/mol. The number of oxime groups is 1. The molecule has 11 nitrogen and oxygen atoms in total. The van der Waals surface area contributed by atoms with Crippen molar-refractivity contribution in [3.8, 4) is 0 Å². The minimum absolute atomic E-state index is 0. The van der Waals surface area contributed by atoms with E-state index < -0.39 is 43.0 Å². The van der Waals surface area contributed by atoms with Gasteiger partial charge in [-0.3, -0.25) is 4.79 Å². The van der Waals surface area contributed by atoms with Gasteiger partial charge in [0.1, 0.15) is 11.6 Å². The molecule has 0 amide bonds. The quantitative estimate of drug-likeness (QED) is 0.0787. The van der Waals surface area contributed by atoms with Crippen LogP contribution in [0.25, 0.3) is 0 Å². The van der Waals surface area contributed by atoms with Gasteiger partial charge in [-0.2, -0.15) is 0 Å². The third kappa shape index (κ3) is 9.90. The molecule has 0 saturated carbocycles. The van der Waals surface area contributed by atoms with Crippen molar-refractivity contribution < 1.29 is 82.8 Å². The van der Waals surface area contributed by atoms with Gasteiger partial charge in [0.05, 0.1) is 23.0 Å². The Morgan fingerprint density at radius 2 is 1.28 bits per heavy atom. The molecule has 0 saturated heterocycles. The first kappa shape index (κ1) is 39.2. The van der Waals surface area contributed by atoms with E-state index in [1.807, 2.05) is 0 Å². The van der Waals surface area contributed by atoms with Crippen LogP contribution in [-0.4, -0.2) is 53.2 Å². The summed E-state index contributed by atoms with van der Waals surface area (Å²) < 4.78 is 37.3. The maximum Gasteiger partial charge on any atom is 1.00 e. The van der Waals surface area contributed by atoms with Crippen LogP contribution >= 0.6 is 12.4 Å². The van der Waals surface area contributed by atoms with Crippen LogP contribution in [0.15, 0.2) is 29.4 Å². The fourth-order valence-corrected chi connectivity index (χ4v) is 3.73. The molecule has 0 atom stereocenters. The van der Waals surface area contributed by atoms with Gasteiger partial charge in [-0.15, -0.1) is 12.4 Å². The van der Waals surface area contributed by atoms with Crippen LogP contribution in [0, 0.1) is 11.6 Å². The topological polar surface area (TPSA) is 195 Å². The SMILES string of the molecule is CC(=O)[O-].CC1(C)OB(O)c2cc(F)c(C=NO)cc21.CC1(C)OB(O)c2cc(F)c(C=O)cc21.Cl.NO.[Na+]. The van der Waals surface area contributed by atoms with E-state index in [2.05, 4.69) is 11.1 Å². The van der Waals surface area contributed by atoms with E-state index in [9.17, 15) is 23.6 Å². The third-order valence-corrected chi connectivity index (χ3v) is 5.30. The molecule has 0 aromatic heterocycles. The number of nitrogens with two attached hydrogens (primary N) is 1. The molecule has 0 spiro atoms. The normalized spacial score (nSPS) is 15.1. The fraction of sp³-hybridized carbons (Fsp3) is 0.318. The maximum atomic E-state index is 13.5. The number of carbonyl (C=O) groups is 2. The zero-order valence-corrected chi connectivity index (χ0v) is 25.0. The molecule has 2 aromatic rings. The van der Waals surface area contributed by atoms with Gasteiger partial charge in [0.2, 0.25) is 0 Å². The van der Waals surface area contributed by atoms with Crippen molar-refractivity contribution in [1.82, 2.24) is 0 Å². The Labute approximate surface area is 252 Å². The van der Waals surface area contributed by atoms with Crippen molar-refractivity contribution >= 4 is 56.0 Å². The summed E-state index contributed by atoms with van der Waals surface area (Å²) in [5.74, 6) is 1.22. The maximum absolute atomic E-state index is 13.5. The van der Waals surface area contributed by atoms with E-state index in [-0.39, 0.29) is 53.1 Å². The number of fused-ring (bicyclic) bond motifs is 2. The molecule has 208 valence electrons. The van der Waals surface area contributed by atoms with Crippen LogP contribution in [0.2, 0.25) is 0 Å². The Morgan fingerprint density at radius 1 is 0.949 bits per heavy atom. The van der Waals surface area contributed by atoms with Gasteiger partial charge in [-0.05, 0) is 80.9 Å². The number of benzene rings is 2. The van der Waals surface area contributed by atoms with Crippen molar-refractivity contribution in [2.24, 2.45) is 11.1 Å². The van der Waals surface area contributed by atoms with Crippen LogP contribution in [0.4, 0.5) is 8.78 Å².